The maximum absolute atomic E-state index is 13.2. The number of hydrogen-bond donors (Lipinski definition) is 0. The van der Waals surface area contributed by atoms with Crippen molar-refractivity contribution in [2.75, 3.05) is 6.61 Å². The zero-order valence-electron chi connectivity index (χ0n) is 10.6. The Bertz CT molecular complexity index is 474. The average Bonchev–Trinajstić information content (AvgIpc) is 2.34. The summed E-state index contributed by atoms with van der Waals surface area (Å²) in [5.74, 6) is -1.51. The lowest BCUT2D eigenvalue weighted by atomic mass is 10.0. The molecule has 0 fully saturated rings. The molecule has 0 bridgehead atoms. The molecule has 0 aromatic heterocycles. The third kappa shape index (κ3) is 5.00. The van der Waals surface area contributed by atoms with Gasteiger partial charge in [-0.2, -0.15) is 13.2 Å². The van der Waals surface area contributed by atoms with Gasteiger partial charge in [0.1, 0.15) is 5.82 Å². The maximum Gasteiger partial charge on any atom is 0.416 e. The van der Waals surface area contributed by atoms with E-state index in [4.69, 9.17) is 11.6 Å². The van der Waals surface area contributed by atoms with E-state index in [1.807, 2.05) is 0 Å². The van der Waals surface area contributed by atoms with Gasteiger partial charge in [0.25, 0.3) is 0 Å². The van der Waals surface area contributed by atoms with Gasteiger partial charge < -0.3 is 4.74 Å². The van der Waals surface area contributed by atoms with Crippen LogP contribution < -0.4 is 0 Å². The van der Waals surface area contributed by atoms with Crippen molar-refractivity contribution in [1.82, 2.24) is 0 Å². The fourth-order valence-electron chi connectivity index (χ4n) is 1.60. The molecule has 0 radical (unpaired) electrons. The van der Waals surface area contributed by atoms with E-state index in [2.05, 4.69) is 4.74 Å². The lowest BCUT2D eigenvalue weighted by Gasteiger charge is -2.13. The molecule has 0 aliphatic rings. The summed E-state index contributed by atoms with van der Waals surface area (Å²) in [5.41, 5.74) is -1.11. The first-order valence-electron chi connectivity index (χ1n) is 5.91. The van der Waals surface area contributed by atoms with Crippen LogP contribution in [-0.4, -0.2) is 12.6 Å². The minimum Gasteiger partial charge on any atom is -0.466 e. The van der Waals surface area contributed by atoms with Crippen molar-refractivity contribution in [3.8, 4) is 0 Å². The summed E-state index contributed by atoms with van der Waals surface area (Å²) in [6.45, 7) is 1.85. The van der Waals surface area contributed by atoms with E-state index in [9.17, 15) is 22.4 Å². The fraction of sp³-hybridized carbons (Fsp3) is 0.462. The van der Waals surface area contributed by atoms with Gasteiger partial charge in [-0.1, -0.05) is 0 Å². The number of halogens is 5. The SMILES string of the molecule is CCOC(=O)CCC(Cl)c1cc(F)cc(C(F)(F)F)c1. The number of carbonyl (C=O) groups is 1. The van der Waals surface area contributed by atoms with Gasteiger partial charge in [0.2, 0.25) is 0 Å². The molecule has 1 aromatic carbocycles. The molecule has 0 aliphatic carbocycles. The largest absolute Gasteiger partial charge is 0.466 e. The molecule has 1 rings (SSSR count). The lowest BCUT2D eigenvalue weighted by Crippen LogP contribution is -2.08. The summed E-state index contributed by atoms with van der Waals surface area (Å²) in [7, 11) is 0. The second kappa shape index (κ2) is 6.92. The predicted octanol–water partition coefficient (Wildman–Crippen LogP) is 4.47. The topological polar surface area (TPSA) is 26.3 Å². The summed E-state index contributed by atoms with van der Waals surface area (Å²) in [6.07, 6.45) is -4.62. The fourth-order valence-corrected chi connectivity index (χ4v) is 1.84. The summed E-state index contributed by atoms with van der Waals surface area (Å²) >= 11 is 5.90. The van der Waals surface area contributed by atoms with Gasteiger partial charge in [-0.05, 0) is 37.1 Å². The first-order chi connectivity index (χ1) is 9.24. The molecule has 1 unspecified atom stereocenters. The molecular formula is C13H13ClF4O2. The average molecular weight is 313 g/mol. The third-order valence-electron chi connectivity index (χ3n) is 2.52. The van der Waals surface area contributed by atoms with Gasteiger partial charge in [0.15, 0.2) is 0 Å². The van der Waals surface area contributed by atoms with Crippen LogP contribution in [-0.2, 0) is 15.7 Å². The van der Waals surface area contributed by atoms with E-state index in [1.54, 1.807) is 6.92 Å². The van der Waals surface area contributed by atoms with E-state index in [1.165, 1.54) is 0 Å². The van der Waals surface area contributed by atoms with Crippen molar-refractivity contribution in [2.24, 2.45) is 0 Å². The number of benzene rings is 1. The molecule has 0 aliphatic heterocycles. The van der Waals surface area contributed by atoms with Crippen LogP contribution in [0.2, 0.25) is 0 Å². The zero-order valence-corrected chi connectivity index (χ0v) is 11.4. The van der Waals surface area contributed by atoms with Crippen LogP contribution in [0.5, 0.6) is 0 Å². The van der Waals surface area contributed by atoms with Crippen molar-refractivity contribution >= 4 is 17.6 Å². The van der Waals surface area contributed by atoms with Gasteiger partial charge in [-0.25, -0.2) is 4.39 Å². The Morgan fingerprint density at radius 1 is 1.35 bits per heavy atom. The minimum absolute atomic E-state index is 0.0108. The number of hydrogen-bond acceptors (Lipinski definition) is 2. The van der Waals surface area contributed by atoms with Crippen LogP contribution in [0.25, 0.3) is 0 Å². The van der Waals surface area contributed by atoms with Crippen LogP contribution in [0.3, 0.4) is 0 Å². The smallest absolute Gasteiger partial charge is 0.416 e. The van der Waals surface area contributed by atoms with E-state index in [0.29, 0.717) is 6.07 Å². The molecule has 0 N–H and O–H groups in total. The second-order valence-corrected chi connectivity index (χ2v) is 4.61. The summed E-state index contributed by atoms with van der Waals surface area (Å²) in [6, 6.07) is 2.11. The molecule has 112 valence electrons. The third-order valence-corrected chi connectivity index (χ3v) is 2.99. The maximum atomic E-state index is 13.2. The van der Waals surface area contributed by atoms with E-state index >= 15 is 0 Å². The monoisotopic (exact) mass is 312 g/mol. The van der Waals surface area contributed by atoms with Crippen LogP contribution in [0.1, 0.15) is 36.3 Å². The second-order valence-electron chi connectivity index (χ2n) is 4.08. The highest BCUT2D eigenvalue weighted by molar-refractivity contribution is 6.20. The summed E-state index contributed by atoms with van der Waals surface area (Å²) in [4.78, 5) is 11.1. The van der Waals surface area contributed by atoms with Crippen molar-refractivity contribution in [1.29, 1.82) is 0 Å². The quantitative estimate of drug-likeness (QED) is 0.455. The van der Waals surface area contributed by atoms with Crippen LogP contribution in [0.15, 0.2) is 18.2 Å². The molecule has 1 atom stereocenters. The highest BCUT2D eigenvalue weighted by Gasteiger charge is 2.32. The number of rotatable bonds is 5. The van der Waals surface area contributed by atoms with Crippen molar-refractivity contribution in [2.45, 2.75) is 31.3 Å². The molecule has 1 aromatic rings. The Morgan fingerprint density at radius 3 is 2.55 bits per heavy atom. The van der Waals surface area contributed by atoms with Crippen LogP contribution >= 0.6 is 11.6 Å². The lowest BCUT2D eigenvalue weighted by molar-refractivity contribution is -0.143. The molecule has 0 saturated carbocycles. The zero-order chi connectivity index (χ0) is 15.3. The van der Waals surface area contributed by atoms with Gasteiger partial charge in [-0.3, -0.25) is 4.79 Å². The molecule has 7 heteroatoms. The summed E-state index contributed by atoms with van der Waals surface area (Å²) < 4.78 is 55.5. The first kappa shape index (κ1) is 16.8. The summed E-state index contributed by atoms with van der Waals surface area (Å²) in [5, 5.41) is -0.892. The molecular weight excluding hydrogens is 300 g/mol. The van der Waals surface area contributed by atoms with Crippen molar-refractivity contribution in [3.63, 3.8) is 0 Å². The van der Waals surface area contributed by atoms with Crippen molar-refractivity contribution in [3.05, 3.63) is 35.1 Å². The van der Waals surface area contributed by atoms with Gasteiger partial charge in [0, 0.05) is 6.42 Å². The molecule has 0 spiro atoms. The standard InChI is InChI=1S/C13H13ClF4O2/c1-2-20-12(19)4-3-11(14)8-5-9(13(16,17)18)7-10(15)6-8/h5-7,11H,2-4H2,1H3. The van der Waals surface area contributed by atoms with Gasteiger partial charge >= 0.3 is 12.1 Å². The van der Waals surface area contributed by atoms with Crippen LogP contribution in [0.4, 0.5) is 17.6 Å². The van der Waals surface area contributed by atoms with Crippen LogP contribution in [0, 0.1) is 5.82 Å². The number of esters is 1. The van der Waals surface area contributed by atoms with Gasteiger partial charge in [0.05, 0.1) is 17.5 Å². The molecule has 20 heavy (non-hydrogen) atoms. The number of alkyl halides is 4. The Labute approximate surface area is 118 Å². The number of carbonyl (C=O) groups excluding carboxylic acids is 1. The highest BCUT2D eigenvalue weighted by atomic mass is 35.5. The predicted molar refractivity (Wildman–Crippen MR) is 65.9 cm³/mol. The number of ether oxygens (including phenoxy) is 1. The van der Waals surface area contributed by atoms with Crippen molar-refractivity contribution < 1.29 is 27.1 Å². The van der Waals surface area contributed by atoms with E-state index < -0.39 is 28.9 Å². The minimum atomic E-state index is -4.64. The molecule has 0 saturated heterocycles. The molecule has 0 amide bonds. The molecule has 2 nitrogen and oxygen atoms in total. The normalized spacial score (nSPS) is 13.1. The van der Waals surface area contributed by atoms with Gasteiger partial charge in [-0.15, -0.1) is 11.6 Å². The Morgan fingerprint density at radius 2 is 2.00 bits per heavy atom. The van der Waals surface area contributed by atoms with E-state index in [0.717, 1.165) is 12.1 Å². The Balaban J connectivity index is 2.80. The van der Waals surface area contributed by atoms with E-state index in [-0.39, 0.29) is 25.0 Å². The molecule has 0 heterocycles. The highest BCUT2D eigenvalue weighted by Crippen LogP contribution is 2.34. The Kier molecular flexibility index (Phi) is 5.80. The Hall–Kier alpha value is -1.30. The first-order valence-corrected chi connectivity index (χ1v) is 6.35.